The first-order valence-corrected chi connectivity index (χ1v) is 6.49. The highest BCUT2D eigenvalue weighted by molar-refractivity contribution is 5.94. The zero-order valence-corrected chi connectivity index (χ0v) is 11.1. The number of nitrogens with zero attached hydrogens (tertiary/aromatic N) is 2. The third-order valence-corrected chi connectivity index (χ3v) is 3.70. The fourth-order valence-corrected chi connectivity index (χ4v) is 2.58. The number of nitrogens with one attached hydrogen (secondary N) is 1. The van der Waals surface area contributed by atoms with E-state index in [2.05, 4.69) is 4.98 Å². The summed E-state index contributed by atoms with van der Waals surface area (Å²) in [5.74, 6) is 0. The zero-order valence-electron chi connectivity index (χ0n) is 11.1. The SMILES string of the molecule is O=C(O)N1CC=C(c2c[nH]c3ccc([N+](=O)[O-])cc23)CC1. The predicted molar refractivity (Wildman–Crippen MR) is 77.1 cm³/mol. The molecule has 0 bridgehead atoms. The van der Waals surface area contributed by atoms with Gasteiger partial charge in [0.1, 0.15) is 0 Å². The monoisotopic (exact) mass is 287 g/mol. The number of non-ortho nitro benzene ring substituents is 1. The van der Waals surface area contributed by atoms with Gasteiger partial charge in [0, 0.05) is 47.9 Å². The highest BCUT2D eigenvalue weighted by Gasteiger charge is 2.19. The molecular weight excluding hydrogens is 274 g/mol. The van der Waals surface area contributed by atoms with Crippen LogP contribution in [0.2, 0.25) is 0 Å². The fourth-order valence-electron chi connectivity index (χ4n) is 2.58. The Bertz CT molecular complexity index is 763. The number of amides is 1. The number of H-pyrrole nitrogens is 1. The molecule has 1 aliphatic heterocycles. The maximum atomic E-state index is 10.9. The van der Waals surface area contributed by atoms with Gasteiger partial charge in [-0.1, -0.05) is 6.08 Å². The molecule has 0 fully saturated rings. The third-order valence-electron chi connectivity index (χ3n) is 3.70. The number of nitro groups is 1. The minimum Gasteiger partial charge on any atom is -0.465 e. The normalized spacial score (nSPS) is 15.0. The Hall–Kier alpha value is -2.83. The Morgan fingerprint density at radius 3 is 2.86 bits per heavy atom. The number of hydrogen-bond acceptors (Lipinski definition) is 3. The second-order valence-corrected chi connectivity index (χ2v) is 4.90. The van der Waals surface area contributed by atoms with E-state index in [4.69, 9.17) is 5.11 Å². The predicted octanol–water partition coefficient (Wildman–Crippen LogP) is 2.84. The van der Waals surface area contributed by atoms with Crippen LogP contribution in [0.3, 0.4) is 0 Å². The van der Waals surface area contributed by atoms with E-state index in [1.165, 1.54) is 11.0 Å². The molecule has 0 spiro atoms. The van der Waals surface area contributed by atoms with E-state index < -0.39 is 11.0 Å². The molecule has 21 heavy (non-hydrogen) atoms. The van der Waals surface area contributed by atoms with Gasteiger partial charge in [-0.2, -0.15) is 0 Å². The van der Waals surface area contributed by atoms with Gasteiger partial charge in [-0.15, -0.1) is 0 Å². The van der Waals surface area contributed by atoms with Crippen LogP contribution < -0.4 is 0 Å². The first kappa shape index (κ1) is 13.2. The number of nitro benzene ring substituents is 1. The van der Waals surface area contributed by atoms with Crippen molar-refractivity contribution in [1.82, 2.24) is 9.88 Å². The second kappa shape index (κ2) is 4.93. The first-order chi connectivity index (χ1) is 10.1. The summed E-state index contributed by atoms with van der Waals surface area (Å²) in [5.41, 5.74) is 2.79. The molecule has 108 valence electrons. The van der Waals surface area contributed by atoms with Crippen molar-refractivity contribution in [2.45, 2.75) is 6.42 Å². The van der Waals surface area contributed by atoms with Crippen molar-refractivity contribution < 1.29 is 14.8 Å². The van der Waals surface area contributed by atoms with E-state index in [0.29, 0.717) is 19.5 Å². The van der Waals surface area contributed by atoms with Crippen molar-refractivity contribution in [3.63, 3.8) is 0 Å². The van der Waals surface area contributed by atoms with Gasteiger partial charge < -0.3 is 15.0 Å². The Labute approximate surface area is 119 Å². The van der Waals surface area contributed by atoms with Gasteiger partial charge >= 0.3 is 6.09 Å². The van der Waals surface area contributed by atoms with Crippen LogP contribution in [0.5, 0.6) is 0 Å². The van der Waals surface area contributed by atoms with Gasteiger partial charge in [0.05, 0.1) is 4.92 Å². The molecule has 2 N–H and O–H groups in total. The summed E-state index contributed by atoms with van der Waals surface area (Å²) < 4.78 is 0. The van der Waals surface area contributed by atoms with Gasteiger partial charge in [0.2, 0.25) is 0 Å². The number of aromatic nitrogens is 1. The Morgan fingerprint density at radius 2 is 2.24 bits per heavy atom. The summed E-state index contributed by atoms with van der Waals surface area (Å²) in [4.78, 5) is 25.8. The van der Waals surface area contributed by atoms with E-state index in [9.17, 15) is 14.9 Å². The number of carbonyl (C=O) groups is 1. The zero-order chi connectivity index (χ0) is 15.0. The number of fused-ring (bicyclic) bond motifs is 1. The fraction of sp³-hybridized carbons (Fsp3) is 0.214. The van der Waals surface area contributed by atoms with E-state index in [1.807, 2.05) is 12.3 Å². The maximum absolute atomic E-state index is 10.9. The molecule has 7 heteroatoms. The lowest BCUT2D eigenvalue weighted by Gasteiger charge is -2.23. The molecule has 1 amide bonds. The summed E-state index contributed by atoms with van der Waals surface area (Å²) in [6.45, 7) is 0.773. The van der Waals surface area contributed by atoms with Gasteiger partial charge in [0.25, 0.3) is 5.69 Å². The molecule has 1 aromatic carbocycles. The Balaban J connectivity index is 1.99. The highest BCUT2D eigenvalue weighted by atomic mass is 16.6. The van der Waals surface area contributed by atoms with E-state index in [-0.39, 0.29) is 5.69 Å². The van der Waals surface area contributed by atoms with E-state index in [1.54, 1.807) is 12.1 Å². The molecule has 1 aromatic heterocycles. The van der Waals surface area contributed by atoms with Crippen LogP contribution in [0, 0.1) is 10.1 Å². The van der Waals surface area contributed by atoms with Crippen molar-refractivity contribution in [2.75, 3.05) is 13.1 Å². The van der Waals surface area contributed by atoms with Crippen LogP contribution in [0.1, 0.15) is 12.0 Å². The van der Waals surface area contributed by atoms with Crippen LogP contribution in [0.25, 0.3) is 16.5 Å². The topological polar surface area (TPSA) is 99.5 Å². The van der Waals surface area contributed by atoms with Crippen LogP contribution in [-0.2, 0) is 0 Å². The van der Waals surface area contributed by atoms with Crippen molar-refractivity contribution in [3.8, 4) is 0 Å². The number of benzene rings is 1. The third kappa shape index (κ3) is 2.33. The van der Waals surface area contributed by atoms with Crippen LogP contribution in [0.15, 0.2) is 30.5 Å². The lowest BCUT2D eigenvalue weighted by molar-refractivity contribution is -0.384. The van der Waals surface area contributed by atoms with Crippen LogP contribution in [0.4, 0.5) is 10.5 Å². The molecule has 2 heterocycles. The van der Waals surface area contributed by atoms with Crippen molar-refractivity contribution in [3.05, 3.63) is 46.1 Å². The van der Waals surface area contributed by atoms with Gasteiger partial charge in [-0.05, 0) is 18.1 Å². The van der Waals surface area contributed by atoms with E-state index >= 15 is 0 Å². The Morgan fingerprint density at radius 1 is 1.43 bits per heavy atom. The molecular formula is C14H13N3O4. The second-order valence-electron chi connectivity index (χ2n) is 4.90. The van der Waals surface area contributed by atoms with Crippen LogP contribution >= 0.6 is 0 Å². The Kier molecular flexibility index (Phi) is 3.09. The molecule has 0 unspecified atom stereocenters. The van der Waals surface area contributed by atoms with Crippen molar-refractivity contribution in [2.24, 2.45) is 0 Å². The molecule has 0 saturated heterocycles. The number of carboxylic acid groups (broad SMARTS) is 1. The van der Waals surface area contributed by atoms with E-state index in [0.717, 1.165) is 22.0 Å². The van der Waals surface area contributed by atoms with Crippen molar-refractivity contribution in [1.29, 1.82) is 0 Å². The standard InChI is InChI=1S/C14H13N3O4/c18-14(19)16-5-3-9(4-6-16)12-8-15-13-2-1-10(17(20)21)7-11(12)13/h1-3,7-8,15H,4-6H2,(H,18,19). The largest absolute Gasteiger partial charge is 0.465 e. The summed E-state index contributed by atoms with van der Waals surface area (Å²) >= 11 is 0. The van der Waals surface area contributed by atoms with Crippen molar-refractivity contribution >= 4 is 28.3 Å². The quantitative estimate of drug-likeness (QED) is 0.655. The lowest BCUT2D eigenvalue weighted by Crippen LogP contribution is -2.33. The molecule has 0 saturated carbocycles. The van der Waals surface area contributed by atoms with Gasteiger partial charge in [0.15, 0.2) is 0 Å². The summed E-state index contributed by atoms with van der Waals surface area (Å²) in [7, 11) is 0. The summed E-state index contributed by atoms with van der Waals surface area (Å²) in [6.07, 6.45) is 3.34. The molecule has 0 radical (unpaired) electrons. The number of hydrogen-bond donors (Lipinski definition) is 2. The average molecular weight is 287 g/mol. The molecule has 2 aromatic rings. The first-order valence-electron chi connectivity index (χ1n) is 6.49. The number of rotatable bonds is 2. The molecule has 0 aliphatic carbocycles. The van der Waals surface area contributed by atoms with Gasteiger partial charge in [-0.25, -0.2) is 4.79 Å². The number of aromatic amines is 1. The summed E-state index contributed by atoms with van der Waals surface area (Å²) in [6, 6.07) is 4.69. The molecule has 1 aliphatic rings. The molecule has 7 nitrogen and oxygen atoms in total. The minimum absolute atomic E-state index is 0.0481. The minimum atomic E-state index is -0.931. The molecule has 3 rings (SSSR count). The smallest absolute Gasteiger partial charge is 0.407 e. The average Bonchev–Trinajstić information content (AvgIpc) is 2.90. The maximum Gasteiger partial charge on any atom is 0.407 e. The highest BCUT2D eigenvalue weighted by Crippen LogP contribution is 2.31. The molecule has 0 atom stereocenters. The van der Waals surface area contributed by atoms with Gasteiger partial charge in [-0.3, -0.25) is 10.1 Å². The lowest BCUT2D eigenvalue weighted by atomic mass is 9.99. The van der Waals surface area contributed by atoms with Crippen LogP contribution in [-0.4, -0.2) is 39.1 Å². The summed E-state index contributed by atoms with van der Waals surface area (Å²) in [5, 5.41) is 20.6.